The summed E-state index contributed by atoms with van der Waals surface area (Å²) in [5, 5.41) is 6.28. The van der Waals surface area contributed by atoms with Crippen molar-refractivity contribution in [2.24, 2.45) is 4.99 Å². The van der Waals surface area contributed by atoms with Gasteiger partial charge in [-0.25, -0.2) is 4.99 Å². The van der Waals surface area contributed by atoms with Crippen molar-refractivity contribution in [2.45, 2.75) is 6.92 Å². The van der Waals surface area contributed by atoms with Crippen molar-refractivity contribution in [2.75, 3.05) is 33.0 Å². The minimum Gasteiger partial charge on any atom is -0.492 e. The van der Waals surface area contributed by atoms with Gasteiger partial charge >= 0.3 is 0 Å². The molecule has 1 aliphatic rings. The average molecular weight is 291 g/mol. The second-order valence-corrected chi connectivity index (χ2v) is 4.29. The van der Waals surface area contributed by atoms with E-state index in [-0.39, 0.29) is 6.79 Å². The number of nitrogens with one attached hydrogen (secondary N) is 2. The third-order valence-corrected chi connectivity index (χ3v) is 2.73. The highest BCUT2D eigenvalue weighted by molar-refractivity contribution is 5.79. The van der Waals surface area contributed by atoms with Crippen molar-refractivity contribution >= 4 is 5.96 Å². The zero-order valence-electron chi connectivity index (χ0n) is 12.2. The molecule has 1 aromatic carbocycles. The largest absolute Gasteiger partial charge is 0.492 e. The number of nitrogens with zero attached hydrogens (tertiary/aromatic N) is 1. The van der Waals surface area contributed by atoms with Crippen LogP contribution in [0.3, 0.4) is 0 Å². The molecule has 1 aromatic rings. The summed E-state index contributed by atoms with van der Waals surface area (Å²) in [6.45, 7) is 8.49. The molecule has 0 fully saturated rings. The summed E-state index contributed by atoms with van der Waals surface area (Å²) in [6, 6.07) is 5.53. The molecule has 6 nitrogen and oxygen atoms in total. The lowest BCUT2D eigenvalue weighted by atomic mass is 10.3. The van der Waals surface area contributed by atoms with Crippen LogP contribution in [-0.4, -0.2) is 39.0 Å². The molecule has 0 radical (unpaired) electrons. The summed E-state index contributed by atoms with van der Waals surface area (Å²) in [7, 11) is 0. The molecule has 114 valence electrons. The predicted octanol–water partition coefficient (Wildman–Crippen LogP) is 1.54. The Morgan fingerprint density at radius 3 is 3.05 bits per heavy atom. The van der Waals surface area contributed by atoms with Crippen LogP contribution in [0.4, 0.5) is 0 Å². The Morgan fingerprint density at radius 1 is 1.38 bits per heavy atom. The molecule has 0 saturated heterocycles. The molecule has 0 aromatic heterocycles. The maximum absolute atomic E-state index is 5.65. The van der Waals surface area contributed by atoms with Crippen molar-refractivity contribution in [3.8, 4) is 17.2 Å². The molecule has 0 unspecified atom stereocenters. The van der Waals surface area contributed by atoms with Gasteiger partial charge in [-0.3, -0.25) is 0 Å². The first-order valence-electron chi connectivity index (χ1n) is 6.99. The van der Waals surface area contributed by atoms with Crippen LogP contribution in [0.25, 0.3) is 0 Å². The number of rotatable bonds is 7. The van der Waals surface area contributed by atoms with Crippen molar-refractivity contribution in [3.05, 3.63) is 30.9 Å². The van der Waals surface area contributed by atoms with Gasteiger partial charge in [0.15, 0.2) is 17.5 Å². The monoisotopic (exact) mass is 291 g/mol. The van der Waals surface area contributed by atoms with E-state index in [1.54, 1.807) is 6.08 Å². The molecule has 21 heavy (non-hydrogen) atoms. The summed E-state index contributed by atoms with van der Waals surface area (Å²) in [5.74, 6) is 2.98. The van der Waals surface area contributed by atoms with Crippen molar-refractivity contribution in [3.63, 3.8) is 0 Å². The molecule has 0 spiro atoms. The smallest absolute Gasteiger partial charge is 0.231 e. The lowest BCUT2D eigenvalue weighted by molar-refractivity contribution is 0.174. The third-order valence-electron chi connectivity index (χ3n) is 2.73. The second kappa shape index (κ2) is 8.04. The van der Waals surface area contributed by atoms with E-state index < -0.39 is 0 Å². The Labute approximate surface area is 124 Å². The quantitative estimate of drug-likeness (QED) is 0.345. The zero-order valence-corrected chi connectivity index (χ0v) is 12.2. The highest BCUT2D eigenvalue weighted by Gasteiger charge is 2.13. The first-order chi connectivity index (χ1) is 10.3. The van der Waals surface area contributed by atoms with Gasteiger partial charge in [0.05, 0.1) is 6.54 Å². The fourth-order valence-electron chi connectivity index (χ4n) is 1.80. The van der Waals surface area contributed by atoms with E-state index in [9.17, 15) is 0 Å². The Kier molecular flexibility index (Phi) is 5.75. The number of fused-ring (bicyclic) bond motifs is 1. The normalized spacial score (nSPS) is 12.9. The van der Waals surface area contributed by atoms with Crippen LogP contribution in [0.15, 0.2) is 35.8 Å². The van der Waals surface area contributed by atoms with E-state index in [4.69, 9.17) is 14.2 Å². The Morgan fingerprint density at radius 2 is 2.24 bits per heavy atom. The Balaban J connectivity index is 1.78. The Bertz CT molecular complexity index is 503. The van der Waals surface area contributed by atoms with Gasteiger partial charge < -0.3 is 24.8 Å². The first kappa shape index (κ1) is 15.0. The maximum atomic E-state index is 5.65. The summed E-state index contributed by atoms with van der Waals surface area (Å²) in [4.78, 5) is 4.40. The molecule has 6 heteroatoms. The van der Waals surface area contributed by atoms with Crippen LogP contribution in [-0.2, 0) is 0 Å². The van der Waals surface area contributed by atoms with Gasteiger partial charge in [0.2, 0.25) is 6.79 Å². The molecule has 0 aliphatic carbocycles. The van der Waals surface area contributed by atoms with E-state index in [2.05, 4.69) is 22.2 Å². The third kappa shape index (κ3) is 4.59. The topological polar surface area (TPSA) is 64.1 Å². The molecule has 1 heterocycles. The highest BCUT2D eigenvalue weighted by Crippen LogP contribution is 2.34. The van der Waals surface area contributed by atoms with Gasteiger partial charge in [0.1, 0.15) is 12.4 Å². The number of hydrogen-bond donors (Lipinski definition) is 2. The predicted molar refractivity (Wildman–Crippen MR) is 82.2 cm³/mol. The standard InChI is InChI=1S/C15H21N3O3/c1-3-7-17-15(16-4-2)18-8-9-19-12-5-6-13-14(10-12)21-11-20-13/h3,5-6,10H,1,4,7-9,11H2,2H3,(H2,16,17,18). The average Bonchev–Trinajstić information content (AvgIpc) is 2.96. The van der Waals surface area contributed by atoms with E-state index >= 15 is 0 Å². The van der Waals surface area contributed by atoms with E-state index in [1.807, 2.05) is 25.1 Å². The Hall–Kier alpha value is -2.37. The minimum atomic E-state index is 0.268. The van der Waals surface area contributed by atoms with Gasteiger partial charge in [0.25, 0.3) is 0 Å². The van der Waals surface area contributed by atoms with Crippen molar-refractivity contribution in [1.29, 1.82) is 0 Å². The van der Waals surface area contributed by atoms with Gasteiger partial charge in [-0.1, -0.05) is 6.08 Å². The minimum absolute atomic E-state index is 0.268. The van der Waals surface area contributed by atoms with Gasteiger partial charge in [-0.05, 0) is 19.1 Å². The maximum Gasteiger partial charge on any atom is 0.231 e. The van der Waals surface area contributed by atoms with Crippen LogP contribution < -0.4 is 24.8 Å². The molecule has 0 bridgehead atoms. The fourth-order valence-corrected chi connectivity index (χ4v) is 1.80. The highest BCUT2D eigenvalue weighted by atomic mass is 16.7. The van der Waals surface area contributed by atoms with Gasteiger partial charge in [-0.15, -0.1) is 6.58 Å². The number of benzene rings is 1. The SMILES string of the molecule is C=CCNC(=NCCOc1ccc2c(c1)OCO2)NCC. The van der Waals surface area contributed by atoms with Crippen LogP contribution in [0, 0.1) is 0 Å². The summed E-state index contributed by atoms with van der Waals surface area (Å²) in [5.41, 5.74) is 0. The van der Waals surface area contributed by atoms with E-state index in [0.717, 1.165) is 29.8 Å². The molecule has 2 N–H and O–H groups in total. The van der Waals surface area contributed by atoms with E-state index in [0.29, 0.717) is 19.7 Å². The first-order valence-corrected chi connectivity index (χ1v) is 6.99. The lowest BCUT2D eigenvalue weighted by Gasteiger charge is -2.10. The van der Waals surface area contributed by atoms with E-state index in [1.165, 1.54) is 0 Å². The summed E-state index contributed by atoms with van der Waals surface area (Å²) < 4.78 is 16.2. The lowest BCUT2D eigenvalue weighted by Crippen LogP contribution is -2.37. The molecular weight excluding hydrogens is 270 g/mol. The molecular formula is C15H21N3O3. The molecule has 2 rings (SSSR count). The molecule has 1 aliphatic heterocycles. The number of aliphatic imine (C=N–C) groups is 1. The molecule has 0 amide bonds. The van der Waals surface area contributed by atoms with Gasteiger partial charge in [-0.2, -0.15) is 0 Å². The summed E-state index contributed by atoms with van der Waals surface area (Å²) >= 11 is 0. The molecule has 0 atom stereocenters. The number of hydrogen-bond acceptors (Lipinski definition) is 4. The zero-order chi connectivity index (χ0) is 14.9. The second-order valence-electron chi connectivity index (χ2n) is 4.29. The van der Waals surface area contributed by atoms with Crippen LogP contribution in [0.5, 0.6) is 17.2 Å². The van der Waals surface area contributed by atoms with Crippen molar-refractivity contribution < 1.29 is 14.2 Å². The molecule has 0 saturated carbocycles. The van der Waals surface area contributed by atoms with Crippen LogP contribution >= 0.6 is 0 Å². The fraction of sp³-hybridized carbons (Fsp3) is 0.400. The van der Waals surface area contributed by atoms with Crippen LogP contribution in [0.2, 0.25) is 0 Å². The summed E-state index contributed by atoms with van der Waals surface area (Å²) in [6.07, 6.45) is 1.79. The number of guanidine groups is 1. The van der Waals surface area contributed by atoms with Crippen LogP contribution in [0.1, 0.15) is 6.92 Å². The van der Waals surface area contributed by atoms with Crippen molar-refractivity contribution in [1.82, 2.24) is 10.6 Å². The van der Waals surface area contributed by atoms with Gasteiger partial charge in [0, 0.05) is 19.2 Å². The number of ether oxygens (including phenoxy) is 3.